The highest BCUT2D eigenvalue weighted by atomic mass is 16.5. The maximum atomic E-state index is 12.4. The average molecular weight is 330 g/mol. The van der Waals surface area contributed by atoms with Crippen molar-refractivity contribution in [1.29, 1.82) is 0 Å². The number of hydrogen-bond acceptors (Lipinski definition) is 3. The third-order valence-corrected chi connectivity index (χ3v) is 5.40. The van der Waals surface area contributed by atoms with Gasteiger partial charge in [-0.25, -0.2) is 0 Å². The molecule has 0 aromatic heterocycles. The third kappa shape index (κ3) is 3.71. The summed E-state index contributed by atoms with van der Waals surface area (Å²) in [6.45, 7) is 1.73. The molecule has 2 fully saturated rings. The van der Waals surface area contributed by atoms with Gasteiger partial charge in [0.15, 0.2) is 0 Å². The van der Waals surface area contributed by atoms with Crippen LogP contribution in [0.15, 0.2) is 24.3 Å². The SMILES string of the molecule is COc1ccccc1C(=O)NCC(=O)N1CC[C@@H]2CCCC[C@@H]2C1. The van der Waals surface area contributed by atoms with Crippen LogP contribution in [-0.2, 0) is 4.79 Å². The summed E-state index contributed by atoms with van der Waals surface area (Å²) in [6.07, 6.45) is 6.29. The Morgan fingerprint density at radius 2 is 1.92 bits per heavy atom. The number of nitrogens with one attached hydrogen (secondary N) is 1. The van der Waals surface area contributed by atoms with Crippen molar-refractivity contribution in [1.82, 2.24) is 10.2 Å². The number of methoxy groups -OCH3 is 1. The summed E-state index contributed by atoms with van der Waals surface area (Å²) < 4.78 is 5.19. The van der Waals surface area contributed by atoms with E-state index in [2.05, 4.69) is 5.32 Å². The van der Waals surface area contributed by atoms with Gasteiger partial charge in [0.2, 0.25) is 5.91 Å². The van der Waals surface area contributed by atoms with E-state index in [0.717, 1.165) is 25.4 Å². The number of carbonyl (C=O) groups is 2. The molecule has 5 nitrogen and oxygen atoms in total. The summed E-state index contributed by atoms with van der Waals surface area (Å²) in [4.78, 5) is 26.6. The van der Waals surface area contributed by atoms with Crippen LogP contribution in [0, 0.1) is 11.8 Å². The summed E-state index contributed by atoms with van der Waals surface area (Å²) in [5.41, 5.74) is 0.457. The summed E-state index contributed by atoms with van der Waals surface area (Å²) >= 11 is 0. The first-order chi connectivity index (χ1) is 11.7. The lowest BCUT2D eigenvalue weighted by molar-refractivity contribution is -0.133. The van der Waals surface area contributed by atoms with Gasteiger partial charge >= 0.3 is 0 Å². The number of piperidine rings is 1. The summed E-state index contributed by atoms with van der Waals surface area (Å²) in [5.74, 6) is 1.72. The van der Waals surface area contributed by atoms with Crippen molar-refractivity contribution < 1.29 is 14.3 Å². The van der Waals surface area contributed by atoms with E-state index < -0.39 is 0 Å². The molecule has 2 aliphatic rings. The number of para-hydroxylation sites is 1. The number of ether oxygens (including phenoxy) is 1. The molecule has 1 aliphatic carbocycles. The molecule has 1 saturated heterocycles. The highest BCUT2D eigenvalue weighted by molar-refractivity contribution is 5.98. The van der Waals surface area contributed by atoms with Crippen LogP contribution in [0.5, 0.6) is 5.75 Å². The van der Waals surface area contributed by atoms with E-state index in [1.165, 1.54) is 32.8 Å². The van der Waals surface area contributed by atoms with E-state index in [-0.39, 0.29) is 18.4 Å². The first kappa shape index (κ1) is 16.8. The molecule has 24 heavy (non-hydrogen) atoms. The van der Waals surface area contributed by atoms with Crippen molar-refractivity contribution in [2.45, 2.75) is 32.1 Å². The zero-order valence-corrected chi connectivity index (χ0v) is 14.3. The van der Waals surface area contributed by atoms with Gasteiger partial charge in [-0.2, -0.15) is 0 Å². The quantitative estimate of drug-likeness (QED) is 0.922. The Balaban J connectivity index is 1.53. The van der Waals surface area contributed by atoms with E-state index in [0.29, 0.717) is 17.2 Å². The summed E-state index contributed by atoms with van der Waals surface area (Å²) in [7, 11) is 1.53. The third-order valence-electron chi connectivity index (χ3n) is 5.40. The minimum absolute atomic E-state index is 0.0160. The summed E-state index contributed by atoms with van der Waals surface area (Å²) in [5, 5.41) is 2.73. The zero-order valence-electron chi connectivity index (χ0n) is 14.3. The van der Waals surface area contributed by atoms with Crippen molar-refractivity contribution >= 4 is 11.8 Å². The van der Waals surface area contributed by atoms with Crippen LogP contribution in [0.25, 0.3) is 0 Å². The highest BCUT2D eigenvalue weighted by Crippen LogP contribution is 2.35. The molecule has 2 atom stereocenters. The lowest BCUT2D eigenvalue weighted by atomic mass is 9.75. The number of likely N-dealkylation sites (tertiary alicyclic amines) is 1. The Hall–Kier alpha value is -2.04. The fourth-order valence-electron chi connectivity index (χ4n) is 4.02. The molecule has 0 spiro atoms. The molecule has 1 heterocycles. The van der Waals surface area contributed by atoms with Gasteiger partial charge in [-0.1, -0.05) is 31.4 Å². The number of carbonyl (C=O) groups excluding carboxylic acids is 2. The van der Waals surface area contributed by atoms with Gasteiger partial charge in [0.1, 0.15) is 5.75 Å². The molecule has 1 N–H and O–H groups in total. The van der Waals surface area contributed by atoms with Crippen LogP contribution >= 0.6 is 0 Å². The lowest BCUT2D eigenvalue weighted by Crippen LogP contribution is -2.48. The molecule has 1 saturated carbocycles. The Labute approximate surface area is 143 Å². The van der Waals surface area contributed by atoms with Gasteiger partial charge in [-0.15, -0.1) is 0 Å². The van der Waals surface area contributed by atoms with Gasteiger partial charge in [0.25, 0.3) is 5.91 Å². The molecule has 3 rings (SSSR count). The largest absolute Gasteiger partial charge is 0.496 e. The molecule has 5 heteroatoms. The van der Waals surface area contributed by atoms with Gasteiger partial charge in [0.05, 0.1) is 19.2 Å². The smallest absolute Gasteiger partial charge is 0.255 e. The topological polar surface area (TPSA) is 58.6 Å². The zero-order chi connectivity index (χ0) is 16.9. The standard InChI is InChI=1S/C19H26N2O3/c1-24-17-9-5-4-8-16(17)19(23)20-12-18(22)21-11-10-14-6-2-3-7-15(14)13-21/h4-5,8-9,14-15H,2-3,6-7,10-13H2,1H3,(H,20,23)/t14-,15+/m0/s1. The number of nitrogens with zero attached hydrogens (tertiary/aromatic N) is 1. The number of rotatable bonds is 4. The van der Waals surface area contributed by atoms with Crippen LogP contribution in [0.1, 0.15) is 42.5 Å². The maximum Gasteiger partial charge on any atom is 0.255 e. The predicted molar refractivity (Wildman–Crippen MR) is 92.0 cm³/mol. The van der Waals surface area contributed by atoms with Crippen LogP contribution in [-0.4, -0.2) is 43.5 Å². The first-order valence-corrected chi connectivity index (χ1v) is 8.88. The molecular formula is C19H26N2O3. The number of hydrogen-bond donors (Lipinski definition) is 1. The molecule has 0 bridgehead atoms. The number of benzene rings is 1. The average Bonchev–Trinajstić information content (AvgIpc) is 2.65. The van der Waals surface area contributed by atoms with Gasteiger partial charge in [-0.05, 0) is 36.8 Å². The molecule has 0 radical (unpaired) electrons. The highest BCUT2D eigenvalue weighted by Gasteiger charge is 2.32. The summed E-state index contributed by atoms with van der Waals surface area (Å²) in [6, 6.07) is 7.04. The second-order valence-corrected chi connectivity index (χ2v) is 6.82. The Morgan fingerprint density at radius 1 is 1.17 bits per heavy atom. The van der Waals surface area contributed by atoms with E-state index in [1.54, 1.807) is 18.2 Å². The van der Waals surface area contributed by atoms with E-state index in [9.17, 15) is 9.59 Å². The molecule has 1 aliphatic heterocycles. The fourth-order valence-corrected chi connectivity index (χ4v) is 4.02. The normalized spacial score (nSPS) is 23.3. The van der Waals surface area contributed by atoms with Crippen molar-refractivity contribution in [2.75, 3.05) is 26.7 Å². The Bertz CT molecular complexity index is 602. The fraction of sp³-hybridized carbons (Fsp3) is 0.579. The second-order valence-electron chi connectivity index (χ2n) is 6.82. The second kappa shape index (κ2) is 7.69. The Kier molecular flexibility index (Phi) is 5.38. The van der Waals surface area contributed by atoms with E-state index in [4.69, 9.17) is 4.74 Å². The van der Waals surface area contributed by atoms with Crippen molar-refractivity contribution in [3.8, 4) is 5.75 Å². The van der Waals surface area contributed by atoms with Crippen LogP contribution in [0.4, 0.5) is 0 Å². The molecule has 2 amide bonds. The Morgan fingerprint density at radius 3 is 2.71 bits per heavy atom. The van der Waals surface area contributed by atoms with Crippen molar-refractivity contribution in [3.63, 3.8) is 0 Å². The maximum absolute atomic E-state index is 12.4. The lowest BCUT2D eigenvalue weighted by Gasteiger charge is -2.41. The molecule has 1 aromatic rings. The number of amides is 2. The molecule has 0 unspecified atom stereocenters. The molecule has 1 aromatic carbocycles. The van der Waals surface area contributed by atoms with Gasteiger partial charge in [0, 0.05) is 13.1 Å². The minimum atomic E-state index is -0.270. The first-order valence-electron chi connectivity index (χ1n) is 8.88. The molecule has 130 valence electrons. The molecular weight excluding hydrogens is 304 g/mol. The predicted octanol–water partition coefficient (Wildman–Crippen LogP) is 2.46. The minimum Gasteiger partial charge on any atom is -0.496 e. The van der Waals surface area contributed by atoms with Crippen molar-refractivity contribution in [2.24, 2.45) is 11.8 Å². The number of fused-ring (bicyclic) bond motifs is 1. The van der Waals surface area contributed by atoms with Gasteiger partial charge < -0.3 is 15.0 Å². The van der Waals surface area contributed by atoms with Crippen LogP contribution in [0.3, 0.4) is 0 Å². The van der Waals surface area contributed by atoms with E-state index >= 15 is 0 Å². The van der Waals surface area contributed by atoms with Crippen LogP contribution in [0.2, 0.25) is 0 Å². The van der Waals surface area contributed by atoms with E-state index in [1.807, 2.05) is 11.0 Å². The van der Waals surface area contributed by atoms with Crippen molar-refractivity contribution in [3.05, 3.63) is 29.8 Å². The van der Waals surface area contributed by atoms with Gasteiger partial charge in [-0.3, -0.25) is 9.59 Å². The van der Waals surface area contributed by atoms with Crippen LogP contribution < -0.4 is 10.1 Å². The monoisotopic (exact) mass is 330 g/mol.